The van der Waals surface area contributed by atoms with Gasteiger partial charge in [-0.3, -0.25) is 9.59 Å². The number of carbonyl (C=O) groups excluding carboxylic acids is 1. The number of nitrogens with zero attached hydrogens (tertiary/aromatic N) is 2. The quantitative estimate of drug-likeness (QED) is 0.556. The molecule has 5 nitrogen and oxygen atoms in total. The maximum atomic E-state index is 12.8. The van der Waals surface area contributed by atoms with Crippen LogP contribution in [0.1, 0.15) is 0 Å². The second-order valence-electron chi connectivity index (χ2n) is 5.89. The zero-order chi connectivity index (χ0) is 18.8. The monoisotopic (exact) mass is 395 g/mol. The summed E-state index contributed by atoms with van der Waals surface area (Å²) in [6.07, 6.45) is 0. The summed E-state index contributed by atoms with van der Waals surface area (Å²) in [4.78, 5) is 26.2. The molecule has 0 saturated heterocycles. The Morgan fingerprint density at radius 2 is 1.89 bits per heavy atom. The van der Waals surface area contributed by atoms with E-state index in [-0.39, 0.29) is 18.0 Å². The predicted octanol–water partition coefficient (Wildman–Crippen LogP) is 4.42. The molecule has 2 aromatic carbocycles. The molecule has 134 valence electrons. The largest absolute Gasteiger partial charge is 0.324 e. The molecule has 0 aliphatic rings. The molecule has 1 amide bonds. The van der Waals surface area contributed by atoms with Crippen molar-refractivity contribution in [1.29, 1.82) is 0 Å². The number of aromatic nitrogens is 2. The van der Waals surface area contributed by atoms with Crippen LogP contribution in [0.4, 0.5) is 5.69 Å². The fraction of sp³-hybridized carbons (Fsp3) is 0.0500. The van der Waals surface area contributed by atoms with Gasteiger partial charge in [-0.25, -0.2) is 4.68 Å². The van der Waals surface area contributed by atoms with Crippen LogP contribution in [0.5, 0.6) is 0 Å². The highest BCUT2D eigenvalue weighted by Gasteiger charge is 2.14. The van der Waals surface area contributed by atoms with Gasteiger partial charge in [0.15, 0.2) is 0 Å². The maximum absolute atomic E-state index is 12.8. The van der Waals surface area contributed by atoms with Crippen LogP contribution in [0.2, 0.25) is 5.02 Å². The first-order valence-corrected chi connectivity index (χ1v) is 9.47. The smallest absolute Gasteiger partial charge is 0.275 e. The van der Waals surface area contributed by atoms with Gasteiger partial charge in [-0.2, -0.15) is 5.10 Å². The summed E-state index contributed by atoms with van der Waals surface area (Å²) < 4.78 is 1.21. The van der Waals surface area contributed by atoms with Crippen LogP contribution in [-0.2, 0) is 11.3 Å². The zero-order valence-electron chi connectivity index (χ0n) is 14.1. The Bertz CT molecular complexity index is 1190. The van der Waals surface area contributed by atoms with Crippen molar-refractivity contribution >= 4 is 45.3 Å². The Hall–Kier alpha value is -2.96. The Morgan fingerprint density at radius 1 is 1.07 bits per heavy atom. The third-order valence-electron chi connectivity index (χ3n) is 4.02. The van der Waals surface area contributed by atoms with E-state index in [0.29, 0.717) is 21.8 Å². The summed E-state index contributed by atoms with van der Waals surface area (Å²) in [6, 6.07) is 18.0. The first-order valence-electron chi connectivity index (χ1n) is 8.21. The summed E-state index contributed by atoms with van der Waals surface area (Å²) in [7, 11) is 0. The van der Waals surface area contributed by atoms with Crippen molar-refractivity contribution in [1.82, 2.24) is 9.78 Å². The van der Waals surface area contributed by atoms with Crippen molar-refractivity contribution in [3.05, 3.63) is 81.4 Å². The van der Waals surface area contributed by atoms with E-state index >= 15 is 0 Å². The van der Waals surface area contributed by atoms with Gasteiger partial charge in [0.25, 0.3) is 5.56 Å². The SMILES string of the molecule is O=C(Cn1nc(-c2cccs2)c2ccccc2c1=O)Nc1cccc(Cl)c1. The lowest BCUT2D eigenvalue weighted by molar-refractivity contribution is -0.117. The highest BCUT2D eigenvalue weighted by Crippen LogP contribution is 2.28. The Balaban J connectivity index is 1.72. The van der Waals surface area contributed by atoms with Gasteiger partial charge in [-0.1, -0.05) is 41.9 Å². The lowest BCUT2D eigenvalue weighted by atomic mass is 10.1. The van der Waals surface area contributed by atoms with Crippen LogP contribution in [0.3, 0.4) is 0 Å². The molecule has 2 aromatic heterocycles. The van der Waals surface area contributed by atoms with Gasteiger partial charge in [0.2, 0.25) is 5.91 Å². The van der Waals surface area contributed by atoms with Crippen LogP contribution in [0.25, 0.3) is 21.3 Å². The normalized spacial score (nSPS) is 10.9. The summed E-state index contributed by atoms with van der Waals surface area (Å²) in [5, 5.41) is 11.0. The van der Waals surface area contributed by atoms with Gasteiger partial charge < -0.3 is 5.32 Å². The summed E-state index contributed by atoms with van der Waals surface area (Å²) >= 11 is 7.47. The molecule has 0 unspecified atom stereocenters. The molecule has 2 heterocycles. The van der Waals surface area contributed by atoms with Gasteiger partial charge in [-0.15, -0.1) is 11.3 Å². The van der Waals surface area contributed by atoms with Crippen LogP contribution < -0.4 is 10.9 Å². The first-order chi connectivity index (χ1) is 13.1. The lowest BCUT2D eigenvalue weighted by Gasteiger charge is -2.11. The molecule has 0 spiro atoms. The number of halogens is 1. The molecule has 0 atom stereocenters. The molecule has 7 heteroatoms. The van der Waals surface area contributed by atoms with Gasteiger partial charge in [0.1, 0.15) is 12.2 Å². The number of hydrogen-bond donors (Lipinski definition) is 1. The van der Waals surface area contributed by atoms with E-state index in [1.165, 1.54) is 16.0 Å². The Labute approximate surface area is 163 Å². The van der Waals surface area contributed by atoms with Crippen molar-refractivity contribution in [3.8, 4) is 10.6 Å². The summed E-state index contributed by atoms with van der Waals surface area (Å²) in [5.74, 6) is -0.348. The van der Waals surface area contributed by atoms with E-state index in [1.54, 1.807) is 36.4 Å². The van der Waals surface area contributed by atoms with Crippen LogP contribution >= 0.6 is 22.9 Å². The molecule has 4 aromatic rings. The van der Waals surface area contributed by atoms with E-state index in [0.717, 1.165) is 10.3 Å². The number of benzene rings is 2. The maximum Gasteiger partial charge on any atom is 0.275 e. The molecule has 4 rings (SSSR count). The fourth-order valence-electron chi connectivity index (χ4n) is 2.84. The van der Waals surface area contributed by atoms with Gasteiger partial charge in [0.05, 0.1) is 10.3 Å². The topological polar surface area (TPSA) is 64.0 Å². The van der Waals surface area contributed by atoms with Gasteiger partial charge in [0, 0.05) is 16.1 Å². The molecular weight excluding hydrogens is 382 g/mol. The molecule has 0 aliphatic carbocycles. The van der Waals surface area contributed by atoms with Crippen LogP contribution in [-0.4, -0.2) is 15.7 Å². The minimum atomic E-state index is -0.348. The number of anilines is 1. The van der Waals surface area contributed by atoms with E-state index in [9.17, 15) is 9.59 Å². The number of thiophene rings is 1. The molecule has 1 N–H and O–H groups in total. The molecule has 27 heavy (non-hydrogen) atoms. The van der Waals surface area contributed by atoms with E-state index in [4.69, 9.17) is 11.6 Å². The van der Waals surface area contributed by atoms with Crippen LogP contribution in [0, 0.1) is 0 Å². The average Bonchev–Trinajstić information content (AvgIpc) is 3.18. The van der Waals surface area contributed by atoms with Crippen molar-refractivity contribution in [2.24, 2.45) is 0 Å². The lowest BCUT2D eigenvalue weighted by Crippen LogP contribution is -2.30. The van der Waals surface area contributed by atoms with Gasteiger partial charge in [-0.05, 0) is 35.7 Å². The third kappa shape index (κ3) is 3.63. The molecule has 0 radical (unpaired) electrons. The Kier molecular flexibility index (Phi) is 4.75. The molecular formula is C20H14ClN3O2S. The first kappa shape index (κ1) is 17.5. The van der Waals surface area contributed by atoms with E-state index in [1.807, 2.05) is 29.6 Å². The third-order valence-corrected chi connectivity index (χ3v) is 5.14. The Morgan fingerprint density at radius 3 is 2.63 bits per heavy atom. The number of amides is 1. The molecule has 0 fully saturated rings. The number of fused-ring (bicyclic) bond motifs is 1. The number of carbonyl (C=O) groups is 1. The summed E-state index contributed by atoms with van der Waals surface area (Å²) in [6.45, 7) is -0.186. The second-order valence-corrected chi connectivity index (χ2v) is 7.28. The average molecular weight is 396 g/mol. The standard InChI is InChI=1S/C20H14ClN3O2S/c21-13-5-3-6-14(11-13)22-18(25)12-24-20(26)16-8-2-1-7-15(16)19(23-24)17-9-4-10-27-17/h1-11H,12H2,(H,22,25). The number of nitrogens with one attached hydrogen (secondary N) is 1. The molecule has 0 saturated carbocycles. The molecule has 0 aliphatic heterocycles. The minimum absolute atomic E-state index is 0.186. The minimum Gasteiger partial charge on any atom is -0.324 e. The predicted molar refractivity (Wildman–Crippen MR) is 109 cm³/mol. The highest BCUT2D eigenvalue weighted by molar-refractivity contribution is 7.13. The molecule has 0 bridgehead atoms. The fourth-order valence-corrected chi connectivity index (χ4v) is 3.75. The summed E-state index contributed by atoms with van der Waals surface area (Å²) in [5.41, 5.74) is 0.961. The van der Waals surface area contributed by atoms with Crippen LogP contribution in [0.15, 0.2) is 70.8 Å². The van der Waals surface area contributed by atoms with Gasteiger partial charge >= 0.3 is 0 Å². The number of rotatable bonds is 4. The zero-order valence-corrected chi connectivity index (χ0v) is 15.6. The van der Waals surface area contributed by atoms with Crippen molar-refractivity contribution < 1.29 is 4.79 Å². The van der Waals surface area contributed by atoms with E-state index in [2.05, 4.69) is 10.4 Å². The highest BCUT2D eigenvalue weighted by atomic mass is 35.5. The van der Waals surface area contributed by atoms with Crippen molar-refractivity contribution in [3.63, 3.8) is 0 Å². The van der Waals surface area contributed by atoms with E-state index < -0.39 is 0 Å². The van der Waals surface area contributed by atoms with Crippen molar-refractivity contribution in [2.75, 3.05) is 5.32 Å². The van der Waals surface area contributed by atoms with Crippen molar-refractivity contribution in [2.45, 2.75) is 6.54 Å². The number of hydrogen-bond acceptors (Lipinski definition) is 4. The second kappa shape index (κ2) is 7.34.